The van der Waals surface area contributed by atoms with Crippen LogP contribution in [0.3, 0.4) is 0 Å². The standard InChI is InChI=1S/C16H16ClN3O/c17-12-3-1-10(2-4-12)5-6-19-15-9-14-11(7-13(15)18)8-16(21)20-14/h1-4,7,9,19H,5-6,8,18H2,(H,20,21). The van der Waals surface area contributed by atoms with Crippen LogP contribution in [0.1, 0.15) is 11.1 Å². The van der Waals surface area contributed by atoms with Gasteiger partial charge in [0.1, 0.15) is 0 Å². The molecule has 0 aliphatic carbocycles. The summed E-state index contributed by atoms with van der Waals surface area (Å²) in [5.41, 5.74) is 10.6. The van der Waals surface area contributed by atoms with E-state index in [2.05, 4.69) is 10.6 Å². The minimum absolute atomic E-state index is 0.0164. The van der Waals surface area contributed by atoms with Crippen LogP contribution in [0.25, 0.3) is 0 Å². The molecule has 5 heteroatoms. The van der Waals surface area contributed by atoms with Gasteiger partial charge in [-0.2, -0.15) is 0 Å². The Bertz CT molecular complexity index is 683. The number of nitrogens with two attached hydrogens (primary N) is 1. The van der Waals surface area contributed by atoms with Crippen LogP contribution >= 0.6 is 11.6 Å². The predicted molar refractivity (Wildman–Crippen MR) is 86.8 cm³/mol. The van der Waals surface area contributed by atoms with E-state index in [4.69, 9.17) is 17.3 Å². The van der Waals surface area contributed by atoms with Gasteiger partial charge in [0.2, 0.25) is 5.91 Å². The van der Waals surface area contributed by atoms with Crippen molar-refractivity contribution in [2.45, 2.75) is 12.8 Å². The zero-order chi connectivity index (χ0) is 14.8. The first kappa shape index (κ1) is 13.8. The maximum atomic E-state index is 11.4. The van der Waals surface area contributed by atoms with Gasteiger partial charge >= 0.3 is 0 Å². The number of halogens is 1. The third-order valence-corrected chi connectivity index (χ3v) is 3.79. The second-order valence-electron chi connectivity index (χ2n) is 5.12. The summed E-state index contributed by atoms with van der Waals surface area (Å²) in [5, 5.41) is 6.88. The van der Waals surface area contributed by atoms with E-state index < -0.39 is 0 Å². The maximum absolute atomic E-state index is 11.4. The number of hydrogen-bond donors (Lipinski definition) is 3. The second-order valence-corrected chi connectivity index (χ2v) is 5.56. The van der Waals surface area contributed by atoms with Gasteiger partial charge in [-0.25, -0.2) is 0 Å². The van der Waals surface area contributed by atoms with Crippen molar-refractivity contribution < 1.29 is 4.79 Å². The van der Waals surface area contributed by atoms with Gasteiger partial charge in [0.15, 0.2) is 0 Å². The zero-order valence-corrected chi connectivity index (χ0v) is 12.2. The van der Waals surface area contributed by atoms with Crippen molar-refractivity contribution in [1.29, 1.82) is 0 Å². The molecule has 3 rings (SSSR count). The van der Waals surface area contributed by atoms with Crippen LogP contribution < -0.4 is 16.4 Å². The molecular formula is C16H16ClN3O. The molecule has 2 aromatic rings. The summed E-state index contributed by atoms with van der Waals surface area (Å²) in [6.45, 7) is 0.762. The lowest BCUT2D eigenvalue weighted by atomic mass is 10.1. The summed E-state index contributed by atoms with van der Waals surface area (Å²) in [4.78, 5) is 11.4. The molecule has 108 valence electrons. The van der Waals surface area contributed by atoms with Crippen LogP contribution in [0.2, 0.25) is 5.02 Å². The van der Waals surface area contributed by atoms with E-state index in [0.29, 0.717) is 12.1 Å². The van der Waals surface area contributed by atoms with Crippen LogP contribution in [0, 0.1) is 0 Å². The third-order valence-electron chi connectivity index (χ3n) is 3.54. The number of amides is 1. The molecule has 4 N–H and O–H groups in total. The molecule has 1 heterocycles. The molecule has 0 unspecified atom stereocenters. The Balaban J connectivity index is 1.64. The molecule has 1 aliphatic heterocycles. The minimum atomic E-state index is 0.0164. The average Bonchev–Trinajstić information content (AvgIpc) is 2.80. The molecule has 0 saturated heterocycles. The second kappa shape index (κ2) is 5.66. The number of carbonyl (C=O) groups is 1. The minimum Gasteiger partial charge on any atom is -0.397 e. The van der Waals surface area contributed by atoms with Crippen molar-refractivity contribution in [3.8, 4) is 0 Å². The van der Waals surface area contributed by atoms with E-state index >= 15 is 0 Å². The Morgan fingerprint density at radius 2 is 2.00 bits per heavy atom. The number of nitrogens with one attached hydrogen (secondary N) is 2. The average molecular weight is 302 g/mol. The summed E-state index contributed by atoms with van der Waals surface area (Å²) in [6.07, 6.45) is 1.28. The van der Waals surface area contributed by atoms with Crippen molar-refractivity contribution in [1.82, 2.24) is 0 Å². The molecule has 1 amide bonds. The normalized spacial score (nSPS) is 12.9. The topological polar surface area (TPSA) is 67.2 Å². The SMILES string of the molecule is Nc1cc2c(cc1NCCc1ccc(Cl)cc1)NC(=O)C2. The Morgan fingerprint density at radius 3 is 2.76 bits per heavy atom. The van der Waals surface area contributed by atoms with Crippen LogP contribution in [-0.2, 0) is 17.6 Å². The highest BCUT2D eigenvalue weighted by molar-refractivity contribution is 6.30. The summed E-state index contributed by atoms with van der Waals surface area (Å²) < 4.78 is 0. The maximum Gasteiger partial charge on any atom is 0.228 e. The molecule has 0 bridgehead atoms. The number of hydrogen-bond acceptors (Lipinski definition) is 3. The van der Waals surface area contributed by atoms with Crippen molar-refractivity contribution in [2.24, 2.45) is 0 Å². The Hall–Kier alpha value is -2.20. The molecule has 0 atom stereocenters. The summed E-state index contributed by atoms with van der Waals surface area (Å²) >= 11 is 5.86. The zero-order valence-electron chi connectivity index (χ0n) is 11.4. The lowest BCUT2D eigenvalue weighted by molar-refractivity contribution is -0.115. The monoisotopic (exact) mass is 301 g/mol. The number of anilines is 3. The Morgan fingerprint density at radius 1 is 1.24 bits per heavy atom. The molecule has 0 aromatic heterocycles. The van der Waals surface area contributed by atoms with E-state index in [0.717, 1.165) is 34.9 Å². The molecule has 0 spiro atoms. The molecule has 0 radical (unpaired) electrons. The van der Waals surface area contributed by atoms with E-state index in [1.165, 1.54) is 5.56 Å². The van der Waals surface area contributed by atoms with E-state index in [1.807, 2.05) is 36.4 Å². The van der Waals surface area contributed by atoms with E-state index in [-0.39, 0.29) is 5.91 Å². The first-order chi connectivity index (χ1) is 10.1. The van der Waals surface area contributed by atoms with Gasteiger partial charge in [0, 0.05) is 17.3 Å². The highest BCUT2D eigenvalue weighted by atomic mass is 35.5. The third kappa shape index (κ3) is 3.11. The van der Waals surface area contributed by atoms with Gasteiger partial charge in [-0.15, -0.1) is 0 Å². The first-order valence-corrected chi connectivity index (χ1v) is 7.20. The van der Waals surface area contributed by atoms with Crippen molar-refractivity contribution >= 4 is 34.6 Å². The van der Waals surface area contributed by atoms with Gasteiger partial charge in [-0.05, 0) is 41.8 Å². The fourth-order valence-electron chi connectivity index (χ4n) is 2.44. The molecule has 0 saturated carbocycles. The van der Waals surface area contributed by atoms with Crippen molar-refractivity contribution in [3.05, 3.63) is 52.5 Å². The fraction of sp³-hybridized carbons (Fsp3) is 0.188. The number of fused-ring (bicyclic) bond motifs is 1. The molecule has 2 aromatic carbocycles. The molecule has 0 fully saturated rings. The van der Waals surface area contributed by atoms with Crippen LogP contribution in [0.15, 0.2) is 36.4 Å². The lowest BCUT2D eigenvalue weighted by Gasteiger charge is -2.11. The summed E-state index contributed by atoms with van der Waals surface area (Å²) in [7, 11) is 0. The predicted octanol–water partition coefficient (Wildman–Crippen LogP) is 3.07. The molecule has 1 aliphatic rings. The largest absolute Gasteiger partial charge is 0.397 e. The quantitative estimate of drug-likeness (QED) is 0.760. The number of carbonyl (C=O) groups excluding carboxylic acids is 1. The summed E-state index contributed by atoms with van der Waals surface area (Å²) in [6, 6.07) is 11.5. The van der Waals surface area contributed by atoms with Gasteiger partial charge in [0.25, 0.3) is 0 Å². The smallest absolute Gasteiger partial charge is 0.228 e. The highest BCUT2D eigenvalue weighted by Crippen LogP contribution is 2.31. The fourth-order valence-corrected chi connectivity index (χ4v) is 2.57. The first-order valence-electron chi connectivity index (χ1n) is 6.82. The van der Waals surface area contributed by atoms with Gasteiger partial charge in [-0.3, -0.25) is 4.79 Å². The van der Waals surface area contributed by atoms with Crippen LogP contribution in [-0.4, -0.2) is 12.5 Å². The molecule has 21 heavy (non-hydrogen) atoms. The summed E-state index contributed by atoms with van der Waals surface area (Å²) in [5.74, 6) is 0.0164. The lowest BCUT2D eigenvalue weighted by Crippen LogP contribution is -2.07. The van der Waals surface area contributed by atoms with Gasteiger partial charge < -0.3 is 16.4 Å². The molecular weight excluding hydrogens is 286 g/mol. The van der Waals surface area contributed by atoms with Crippen LogP contribution in [0.4, 0.5) is 17.1 Å². The number of nitrogen functional groups attached to an aromatic ring is 1. The number of rotatable bonds is 4. The van der Waals surface area contributed by atoms with E-state index in [9.17, 15) is 4.79 Å². The number of benzene rings is 2. The Kier molecular flexibility index (Phi) is 3.71. The van der Waals surface area contributed by atoms with Crippen LogP contribution in [0.5, 0.6) is 0 Å². The van der Waals surface area contributed by atoms with Gasteiger partial charge in [-0.1, -0.05) is 23.7 Å². The van der Waals surface area contributed by atoms with Crippen molar-refractivity contribution in [3.63, 3.8) is 0 Å². The van der Waals surface area contributed by atoms with E-state index in [1.54, 1.807) is 0 Å². The molecule has 4 nitrogen and oxygen atoms in total. The highest BCUT2D eigenvalue weighted by Gasteiger charge is 2.19. The van der Waals surface area contributed by atoms with Gasteiger partial charge in [0.05, 0.1) is 17.8 Å². The van der Waals surface area contributed by atoms with Crippen molar-refractivity contribution in [2.75, 3.05) is 22.9 Å². The Labute approximate surface area is 128 Å².